The molecule has 1 aliphatic carbocycles. The van der Waals surface area contributed by atoms with Crippen LogP contribution in [-0.2, 0) is 11.3 Å². The summed E-state index contributed by atoms with van der Waals surface area (Å²) in [4.78, 5) is 17.6. The molecule has 0 radical (unpaired) electrons. The zero-order valence-corrected chi connectivity index (χ0v) is 9.80. The average molecular weight is 222 g/mol. The summed E-state index contributed by atoms with van der Waals surface area (Å²) in [5.74, 6) is 0.242. The van der Waals surface area contributed by atoms with Crippen LogP contribution in [0, 0.1) is 6.92 Å². The van der Waals surface area contributed by atoms with Crippen LogP contribution < -0.4 is 0 Å². The molecule has 0 unspecified atom stereocenters. The zero-order valence-electron chi connectivity index (χ0n) is 8.99. The van der Waals surface area contributed by atoms with Crippen LogP contribution in [0.2, 0.25) is 0 Å². The Hall–Kier alpha value is -1.16. The van der Waals surface area contributed by atoms with Gasteiger partial charge in [-0.2, -0.15) is 0 Å². The van der Waals surface area contributed by atoms with E-state index in [1.807, 2.05) is 14.0 Å². The Morgan fingerprint density at radius 1 is 1.53 bits per heavy atom. The van der Waals surface area contributed by atoms with Crippen LogP contribution >= 0.6 is 11.3 Å². The van der Waals surface area contributed by atoms with Crippen molar-refractivity contribution in [2.45, 2.75) is 26.3 Å². The second-order valence-corrected chi connectivity index (χ2v) is 4.88. The van der Waals surface area contributed by atoms with Crippen LogP contribution in [-0.4, -0.2) is 22.7 Å². The van der Waals surface area contributed by atoms with Crippen molar-refractivity contribution in [2.75, 3.05) is 7.05 Å². The zero-order chi connectivity index (χ0) is 10.8. The molecule has 0 saturated carbocycles. The number of rotatable bonds is 3. The molecule has 2 rings (SSSR count). The quantitative estimate of drug-likeness (QED) is 0.785. The third-order valence-corrected chi connectivity index (χ3v) is 3.33. The van der Waals surface area contributed by atoms with E-state index in [1.165, 1.54) is 0 Å². The van der Waals surface area contributed by atoms with Crippen LogP contribution in [0.3, 0.4) is 0 Å². The third kappa shape index (κ3) is 2.45. The van der Waals surface area contributed by atoms with E-state index in [2.05, 4.69) is 15.3 Å². The lowest BCUT2D eigenvalue weighted by Crippen LogP contribution is -2.16. The molecular weight excluding hydrogens is 208 g/mol. The Morgan fingerprint density at radius 3 is 2.87 bits per heavy atom. The molecule has 0 fully saturated rings. The first-order valence-electron chi connectivity index (χ1n) is 5.00. The van der Waals surface area contributed by atoms with Gasteiger partial charge in [0.05, 0.1) is 17.2 Å². The maximum atomic E-state index is 11.1. The van der Waals surface area contributed by atoms with Gasteiger partial charge in [0.25, 0.3) is 0 Å². The van der Waals surface area contributed by atoms with Crippen molar-refractivity contribution in [3.8, 4) is 0 Å². The van der Waals surface area contributed by atoms with Crippen LogP contribution in [0.1, 0.15) is 23.5 Å². The molecule has 3 nitrogen and oxygen atoms in total. The molecule has 0 aliphatic heterocycles. The van der Waals surface area contributed by atoms with E-state index < -0.39 is 0 Å². The second-order valence-electron chi connectivity index (χ2n) is 3.82. The number of ketones is 1. The van der Waals surface area contributed by atoms with Gasteiger partial charge in [-0.3, -0.25) is 4.79 Å². The highest BCUT2D eigenvalue weighted by Gasteiger charge is 2.15. The summed E-state index contributed by atoms with van der Waals surface area (Å²) in [7, 11) is 2.01. The third-order valence-electron chi connectivity index (χ3n) is 2.51. The molecule has 1 heterocycles. The minimum atomic E-state index is 0.242. The summed E-state index contributed by atoms with van der Waals surface area (Å²) in [6.07, 6.45) is 3.29. The minimum Gasteiger partial charge on any atom is -0.372 e. The van der Waals surface area contributed by atoms with Crippen molar-refractivity contribution in [3.05, 3.63) is 27.9 Å². The van der Waals surface area contributed by atoms with Gasteiger partial charge < -0.3 is 4.90 Å². The van der Waals surface area contributed by atoms with Gasteiger partial charge in [0.2, 0.25) is 0 Å². The fourth-order valence-corrected chi connectivity index (χ4v) is 2.31. The Kier molecular flexibility index (Phi) is 2.86. The Labute approximate surface area is 93.4 Å². The first kappa shape index (κ1) is 10.4. The smallest absolute Gasteiger partial charge is 0.157 e. The van der Waals surface area contributed by atoms with Gasteiger partial charge in [-0.05, 0) is 13.3 Å². The van der Waals surface area contributed by atoms with Gasteiger partial charge >= 0.3 is 0 Å². The molecule has 15 heavy (non-hydrogen) atoms. The molecule has 0 bridgehead atoms. The summed E-state index contributed by atoms with van der Waals surface area (Å²) in [6.45, 7) is 2.80. The molecule has 0 saturated heterocycles. The summed E-state index contributed by atoms with van der Waals surface area (Å²) in [5.41, 5.74) is 2.21. The van der Waals surface area contributed by atoms with Crippen molar-refractivity contribution in [3.63, 3.8) is 0 Å². The fourth-order valence-electron chi connectivity index (χ4n) is 1.71. The van der Waals surface area contributed by atoms with E-state index in [1.54, 1.807) is 17.4 Å². The molecule has 4 heteroatoms. The maximum Gasteiger partial charge on any atom is 0.157 e. The Bertz CT molecular complexity index is 408. The van der Waals surface area contributed by atoms with Crippen molar-refractivity contribution >= 4 is 17.1 Å². The van der Waals surface area contributed by atoms with Crippen LogP contribution in [0.15, 0.2) is 17.2 Å². The van der Waals surface area contributed by atoms with Crippen LogP contribution in [0.25, 0.3) is 0 Å². The van der Waals surface area contributed by atoms with E-state index in [-0.39, 0.29) is 5.78 Å². The number of carbonyl (C=O) groups excluding carboxylic acids is 1. The number of hydrogen-bond acceptors (Lipinski definition) is 4. The summed E-state index contributed by atoms with van der Waals surface area (Å²) in [5, 5.41) is 3.17. The maximum absolute atomic E-state index is 11.1. The van der Waals surface area contributed by atoms with E-state index in [0.29, 0.717) is 6.42 Å². The second kappa shape index (κ2) is 4.14. The summed E-state index contributed by atoms with van der Waals surface area (Å²) >= 11 is 1.67. The van der Waals surface area contributed by atoms with Crippen molar-refractivity contribution in [1.29, 1.82) is 0 Å². The first-order chi connectivity index (χ1) is 7.15. The van der Waals surface area contributed by atoms with E-state index in [0.717, 1.165) is 29.4 Å². The van der Waals surface area contributed by atoms with Gasteiger partial charge in [0.15, 0.2) is 5.78 Å². The molecule has 0 aromatic carbocycles. The van der Waals surface area contributed by atoms with Gasteiger partial charge in [0.1, 0.15) is 0 Å². The van der Waals surface area contributed by atoms with Crippen molar-refractivity contribution < 1.29 is 4.79 Å². The van der Waals surface area contributed by atoms with Crippen LogP contribution in [0.4, 0.5) is 0 Å². The van der Waals surface area contributed by atoms with E-state index in [4.69, 9.17) is 0 Å². The highest BCUT2D eigenvalue weighted by Crippen LogP contribution is 2.20. The van der Waals surface area contributed by atoms with Gasteiger partial charge in [-0.25, -0.2) is 4.98 Å². The molecule has 0 N–H and O–H groups in total. The molecule has 0 atom stereocenters. The summed E-state index contributed by atoms with van der Waals surface area (Å²) < 4.78 is 0. The van der Waals surface area contributed by atoms with Crippen molar-refractivity contribution in [2.24, 2.45) is 0 Å². The van der Waals surface area contributed by atoms with Crippen LogP contribution in [0.5, 0.6) is 0 Å². The molecule has 1 aromatic rings. The molecule has 1 aliphatic rings. The normalized spacial score (nSPS) is 15.6. The molecule has 0 amide bonds. The number of hydrogen-bond donors (Lipinski definition) is 0. The molecule has 0 spiro atoms. The van der Waals surface area contributed by atoms with E-state index in [9.17, 15) is 4.79 Å². The van der Waals surface area contributed by atoms with E-state index >= 15 is 0 Å². The Balaban J connectivity index is 2.01. The highest BCUT2D eigenvalue weighted by atomic mass is 32.1. The Morgan fingerprint density at radius 2 is 2.33 bits per heavy atom. The number of aromatic nitrogens is 1. The topological polar surface area (TPSA) is 33.2 Å². The molecule has 1 aromatic heterocycles. The predicted octanol–water partition coefficient (Wildman–Crippen LogP) is 2.13. The fraction of sp³-hybridized carbons (Fsp3) is 0.455. The number of nitrogens with zero attached hydrogens (tertiary/aromatic N) is 2. The molecular formula is C11H14N2OS. The number of thiazole rings is 1. The number of carbonyl (C=O) groups is 1. The number of allylic oxidation sites excluding steroid dienone is 2. The van der Waals surface area contributed by atoms with Gasteiger partial charge in [-0.1, -0.05) is 0 Å². The largest absolute Gasteiger partial charge is 0.372 e. The van der Waals surface area contributed by atoms with Gasteiger partial charge in [-0.15, -0.1) is 11.3 Å². The minimum absolute atomic E-state index is 0.242. The lowest BCUT2D eigenvalue weighted by atomic mass is 10.3. The summed E-state index contributed by atoms with van der Waals surface area (Å²) in [6, 6.07) is 0. The highest BCUT2D eigenvalue weighted by molar-refractivity contribution is 7.09. The lowest BCUT2D eigenvalue weighted by Gasteiger charge is -2.18. The average Bonchev–Trinajstić information content (AvgIpc) is 2.75. The predicted molar refractivity (Wildman–Crippen MR) is 60.6 cm³/mol. The standard InChI is InChI=1S/C11H14N2OS/c1-8-12-9(7-15-8)6-13(2)10-3-4-11(14)5-10/h5,7H,3-4,6H2,1-2H3. The SMILES string of the molecule is Cc1nc(CN(C)C2=CC(=O)CC2)cs1. The number of aryl methyl sites for hydroxylation is 1. The molecule has 80 valence electrons. The monoisotopic (exact) mass is 222 g/mol. The lowest BCUT2D eigenvalue weighted by molar-refractivity contribution is -0.114. The van der Waals surface area contributed by atoms with Crippen molar-refractivity contribution in [1.82, 2.24) is 9.88 Å². The van der Waals surface area contributed by atoms with Gasteiger partial charge in [0, 0.05) is 30.6 Å². The first-order valence-corrected chi connectivity index (χ1v) is 5.88.